The third-order valence-electron chi connectivity index (χ3n) is 7.06. The molecule has 0 saturated heterocycles. The Kier molecular flexibility index (Phi) is 14.0. The van der Waals surface area contributed by atoms with Crippen LogP contribution in [0.25, 0.3) is 0 Å². The quantitative estimate of drug-likeness (QED) is 0.105. The molecule has 0 aliphatic carbocycles. The van der Waals surface area contributed by atoms with E-state index in [9.17, 15) is 34.2 Å². The minimum absolute atomic E-state index is 0.0257. The van der Waals surface area contributed by atoms with Crippen LogP contribution in [0.3, 0.4) is 0 Å². The van der Waals surface area contributed by atoms with Gasteiger partial charge in [0.25, 0.3) is 0 Å². The second-order valence-corrected chi connectivity index (χ2v) is 11.8. The third kappa shape index (κ3) is 12.6. The summed E-state index contributed by atoms with van der Waals surface area (Å²) >= 11 is 5.88. The van der Waals surface area contributed by atoms with Crippen LogP contribution in [0.4, 0.5) is 16.2 Å². The number of nitrogens with one attached hydrogen (secondary N) is 4. The molecule has 0 fully saturated rings. The molecule has 0 saturated carbocycles. The van der Waals surface area contributed by atoms with Crippen LogP contribution in [0.2, 0.25) is 5.02 Å². The van der Waals surface area contributed by atoms with E-state index in [0.29, 0.717) is 28.4 Å². The normalized spacial score (nSPS) is 12.9. The van der Waals surface area contributed by atoms with Gasteiger partial charge in [0, 0.05) is 16.4 Å². The molecule has 0 aromatic heterocycles. The van der Waals surface area contributed by atoms with E-state index in [1.54, 1.807) is 72.8 Å². The zero-order valence-corrected chi connectivity index (χ0v) is 26.9. The number of hydrogen-bond donors (Lipinski definition) is 6. The summed E-state index contributed by atoms with van der Waals surface area (Å²) in [6.07, 6.45) is 3.27. The van der Waals surface area contributed by atoms with Gasteiger partial charge in [-0.1, -0.05) is 80.1 Å². The zero-order valence-electron chi connectivity index (χ0n) is 26.1. The Morgan fingerprint density at radius 3 is 1.74 bits per heavy atom. The molecular weight excluding hydrogens is 624 g/mol. The summed E-state index contributed by atoms with van der Waals surface area (Å²) in [7, 11) is 0. The molecule has 3 aromatic rings. The van der Waals surface area contributed by atoms with E-state index in [0.717, 1.165) is 5.56 Å². The van der Waals surface area contributed by atoms with Crippen molar-refractivity contribution in [1.82, 2.24) is 10.6 Å². The number of aliphatic carboxylic acids is 2. The summed E-state index contributed by atoms with van der Waals surface area (Å²) in [6.45, 7) is 3.90. The highest BCUT2D eigenvalue weighted by Gasteiger charge is 2.27. The smallest absolute Gasteiger partial charge is 0.326 e. The second kappa shape index (κ2) is 18.1. The lowest BCUT2D eigenvalue weighted by Crippen LogP contribution is -2.43. The molecule has 0 aliphatic rings. The molecule has 3 aromatic carbocycles. The summed E-state index contributed by atoms with van der Waals surface area (Å²) in [5, 5.41) is 30.4. The van der Waals surface area contributed by atoms with E-state index >= 15 is 0 Å². The molecule has 0 bridgehead atoms. The number of carbonyl (C=O) groups excluding carboxylic acids is 3. The van der Waals surface area contributed by atoms with Gasteiger partial charge < -0.3 is 31.5 Å². The molecule has 6 N–H and O–H groups in total. The van der Waals surface area contributed by atoms with Gasteiger partial charge >= 0.3 is 18.0 Å². The lowest BCUT2D eigenvalue weighted by molar-refractivity contribution is -0.142. The molecule has 11 nitrogen and oxygen atoms in total. The fraction of sp³-hybridized carbons (Fsp3) is 0.286. The Labute approximate surface area is 278 Å². The van der Waals surface area contributed by atoms with Crippen LogP contribution in [-0.4, -0.2) is 52.1 Å². The fourth-order valence-electron chi connectivity index (χ4n) is 4.70. The monoisotopic (exact) mass is 662 g/mol. The highest BCUT2D eigenvalue weighted by atomic mass is 35.5. The summed E-state index contributed by atoms with van der Waals surface area (Å²) in [6, 6.07) is 19.4. The summed E-state index contributed by atoms with van der Waals surface area (Å²) in [5.41, 5.74) is 2.45. The predicted octanol–water partition coefficient (Wildman–Crippen LogP) is 5.83. The van der Waals surface area contributed by atoms with Crippen molar-refractivity contribution in [3.05, 3.63) is 107 Å². The Balaban J connectivity index is 1.58. The lowest BCUT2D eigenvalue weighted by Gasteiger charge is -2.22. The van der Waals surface area contributed by atoms with E-state index in [1.807, 2.05) is 19.9 Å². The molecule has 12 heteroatoms. The molecular formula is C35H39ClN4O7. The largest absolute Gasteiger partial charge is 0.480 e. The number of amides is 4. The van der Waals surface area contributed by atoms with Gasteiger partial charge in [0.15, 0.2) is 0 Å². The molecule has 0 radical (unpaired) electrons. The highest BCUT2D eigenvalue weighted by molar-refractivity contribution is 6.30. The number of hydrogen-bond acceptors (Lipinski definition) is 5. The van der Waals surface area contributed by atoms with Crippen molar-refractivity contribution in [2.75, 3.05) is 10.6 Å². The van der Waals surface area contributed by atoms with Crippen molar-refractivity contribution in [2.24, 2.45) is 5.92 Å². The van der Waals surface area contributed by atoms with Gasteiger partial charge in [-0.05, 0) is 72.7 Å². The first-order valence-corrected chi connectivity index (χ1v) is 15.5. The van der Waals surface area contributed by atoms with Crippen LogP contribution < -0.4 is 21.3 Å². The predicted molar refractivity (Wildman–Crippen MR) is 180 cm³/mol. The number of carboxylic acids is 2. The average molecular weight is 663 g/mol. The van der Waals surface area contributed by atoms with Crippen LogP contribution in [0.1, 0.15) is 50.2 Å². The molecule has 0 aliphatic heterocycles. The Morgan fingerprint density at radius 2 is 1.23 bits per heavy atom. The van der Waals surface area contributed by atoms with E-state index in [1.165, 1.54) is 12.2 Å². The van der Waals surface area contributed by atoms with Crippen molar-refractivity contribution >= 4 is 52.8 Å². The lowest BCUT2D eigenvalue weighted by atomic mass is 9.89. The van der Waals surface area contributed by atoms with Gasteiger partial charge in [-0.15, -0.1) is 0 Å². The topological polar surface area (TPSA) is 174 Å². The van der Waals surface area contributed by atoms with Crippen molar-refractivity contribution in [1.29, 1.82) is 0 Å². The molecule has 3 atom stereocenters. The fourth-order valence-corrected chi connectivity index (χ4v) is 4.82. The van der Waals surface area contributed by atoms with Gasteiger partial charge in [-0.2, -0.15) is 0 Å². The first-order valence-electron chi connectivity index (χ1n) is 15.1. The molecule has 0 spiro atoms. The van der Waals surface area contributed by atoms with Crippen LogP contribution in [-0.2, 0) is 25.6 Å². The Bertz CT molecular complexity index is 1540. The SMILES string of the molecule is CC(C)CC(C(=O)NC(CC=CCC(NC(=O)Cc1ccccc1)C(=O)O)C(=O)O)c1ccc(NC(=O)Nc2ccc(Cl)cc2)cc1. The highest BCUT2D eigenvalue weighted by Crippen LogP contribution is 2.26. The second-order valence-electron chi connectivity index (χ2n) is 11.4. The average Bonchev–Trinajstić information content (AvgIpc) is 3.02. The van der Waals surface area contributed by atoms with E-state index < -0.39 is 47.8 Å². The number of rotatable bonds is 16. The van der Waals surface area contributed by atoms with Crippen molar-refractivity contribution in [3.63, 3.8) is 0 Å². The van der Waals surface area contributed by atoms with E-state index in [4.69, 9.17) is 11.6 Å². The summed E-state index contributed by atoms with van der Waals surface area (Å²) in [5.74, 6) is -3.94. The summed E-state index contributed by atoms with van der Waals surface area (Å²) in [4.78, 5) is 61.8. The maximum Gasteiger partial charge on any atom is 0.326 e. The molecule has 47 heavy (non-hydrogen) atoms. The first kappa shape index (κ1) is 36.3. The molecule has 248 valence electrons. The number of carbonyl (C=O) groups is 5. The van der Waals surface area contributed by atoms with E-state index in [-0.39, 0.29) is 25.2 Å². The van der Waals surface area contributed by atoms with Crippen LogP contribution in [0, 0.1) is 5.92 Å². The number of anilines is 2. The standard InChI is InChI=1S/C35H39ClN4O7/c1-22(2)20-28(24-12-16-26(17-13-24)37-35(47)38-27-18-14-25(36)15-19-27)32(42)40-30(34(45)46)11-7-6-10-29(33(43)44)39-31(41)21-23-8-4-3-5-9-23/h3-9,12-19,22,28-30H,10-11,20-21H2,1-2H3,(H,39,41)(H,40,42)(H,43,44)(H,45,46)(H2,37,38,47). The molecule has 3 unspecified atom stereocenters. The van der Waals surface area contributed by atoms with Gasteiger partial charge in [-0.3, -0.25) is 9.59 Å². The van der Waals surface area contributed by atoms with Crippen molar-refractivity contribution in [2.45, 2.75) is 57.5 Å². The number of urea groups is 1. The van der Waals surface area contributed by atoms with E-state index in [2.05, 4.69) is 21.3 Å². The molecule has 3 rings (SSSR count). The van der Waals surface area contributed by atoms with Gasteiger partial charge in [-0.25, -0.2) is 14.4 Å². The van der Waals surface area contributed by atoms with Crippen LogP contribution in [0.15, 0.2) is 91.0 Å². The Morgan fingerprint density at radius 1 is 0.723 bits per heavy atom. The molecule has 0 heterocycles. The zero-order chi connectivity index (χ0) is 34.3. The molecule has 4 amide bonds. The minimum Gasteiger partial charge on any atom is -0.480 e. The number of halogens is 1. The van der Waals surface area contributed by atoms with Crippen molar-refractivity contribution < 1.29 is 34.2 Å². The van der Waals surface area contributed by atoms with Crippen molar-refractivity contribution in [3.8, 4) is 0 Å². The number of benzene rings is 3. The van der Waals surface area contributed by atoms with Gasteiger partial charge in [0.2, 0.25) is 11.8 Å². The van der Waals surface area contributed by atoms with Gasteiger partial charge in [0.05, 0.1) is 12.3 Å². The maximum absolute atomic E-state index is 13.4. The first-order chi connectivity index (χ1) is 22.4. The minimum atomic E-state index is -1.26. The van der Waals surface area contributed by atoms with Crippen LogP contribution >= 0.6 is 11.6 Å². The third-order valence-corrected chi connectivity index (χ3v) is 7.31. The Hall–Kier alpha value is -5.16. The summed E-state index contributed by atoms with van der Waals surface area (Å²) < 4.78 is 0. The number of carboxylic acid groups (broad SMARTS) is 2. The maximum atomic E-state index is 13.4. The van der Waals surface area contributed by atoms with Crippen LogP contribution in [0.5, 0.6) is 0 Å². The van der Waals surface area contributed by atoms with Gasteiger partial charge in [0.1, 0.15) is 12.1 Å².